The second-order valence-corrected chi connectivity index (χ2v) is 9.39. The average molecular weight is 507 g/mol. The molecule has 176 valence electrons. The number of fused-ring (bicyclic) bond motifs is 3. The molecule has 0 aromatic heterocycles. The molecular weight excluding hydrogens is 487 g/mol. The molecule has 2 amide bonds. The van der Waals surface area contributed by atoms with Gasteiger partial charge in [-0.25, -0.2) is 14.3 Å². The number of para-hydroxylation sites is 1. The standard InChI is InChI=1S/C26H20ClFN4O2S/c27-20-7-3-1-5-17(20)15-35-26-31-21-8-4-2-6-19(21)24-30-22(25(34)32(24)26)13-23(33)29-14-16-9-11-18(28)12-10-16/h1-12,22H,13-15H2,(H,29,33). The Bertz CT molecular complexity index is 1360. The topological polar surface area (TPSA) is 74.1 Å². The van der Waals surface area contributed by atoms with Crippen molar-refractivity contribution in [2.45, 2.75) is 24.8 Å². The Morgan fingerprint density at radius 3 is 2.60 bits per heavy atom. The highest BCUT2D eigenvalue weighted by Gasteiger charge is 2.42. The molecule has 35 heavy (non-hydrogen) atoms. The van der Waals surface area contributed by atoms with Crippen molar-refractivity contribution in [3.8, 4) is 0 Å². The van der Waals surface area contributed by atoms with Crippen LogP contribution in [0.5, 0.6) is 0 Å². The van der Waals surface area contributed by atoms with Crippen LogP contribution in [0, 0.1) is 5.82 Å². The van der Waals surface area contributed by atoms with Gasteiger partial charge in [0.15, 0.2) is 5.17 Å². The van der Waals surface area contributed by atoms with E-state index in [-0.39, 0.29) is 30.6 Å². The maximum Gasteiger partial charge on any atom is 0.259 e. The predicted octanol–water partition coefficient (Wildman–Crippen LogP) is 5.08. The number of amidine groups is 2. The lowest BCUT2D eigenvalue weighted by Crippen LogP contribution is -2.42. The largest absolute Gasteiger partial charge is 0.352 e. The molecule has 3 aromatic carbocycles. The van der Waals surface area contributed by atoms with Gasteiger partial charge in [-0.05, 0) is 41.5 Å². The monoisotopic (exact) mass is 506 g/mol. The molecule has 0 fully saturated rings. The third kappa shape index (κ3) is 4.99. The smallest absolute Gasteiger partial charge is 0.259 e. The van der Waals surface area contributed by atoms with Crippen molar-refractivity contribution in [1.82, 2.24) is 10.2 Å². The van der Waals surface area contributed by atoms with E-state index in [4.69, 9.17) is 16.6 Å². The van der Waals surface area contributed by atoms with Gasteiger partial charge < -0.3 is 5.32 Å². The van der Waals surface area contributed by atoms with Gasteiger partial charge in [0, 0.05) is 22.9 Å². The third-order valence-electron chi connectivity index (χ3n) is 5.64. The minimum Gasteiger partial charge on any atom is -0.352 e. The first-order chi connectivity index (χ1) is 17.0. The second-order valence-electron chi connectivity index (χ2n) is 8.04. The number of carbonyl (C=O) groups excluding carboxylic acids is 2. The maximum atomic E-state index is 13.4. The summed E-state index contributed by atoms with van der Waals surface area (Å²) in [5, 5.41) is 3.93. The van der Waals surface area contributed by atoms with Crippen molar-refractivity contribution in [3.05, 3.63) is 100 Å². The van der Waals surface area contributed by atoms with Crippen LogP contribution in [0.3, 0.4) is 0 Å². The molecule has 0 saturated carbocycles. The number of nitrogens with one attached hydrogen (secondary N) is 1. The first kappa shape index (κ1) is 23.3. The minimum atomic E-state index is -0.851. The quantitative estimate of drug-likeness (QED) is 0.507. The first-order valence-electron chi connectivity index (χ1n) is 11.0. The molecule has 0 aliphatic carbocycles. The lowest BCUT2D eigenvalue weighted by molar-refractivity contribution is -0.128. The van der Waals surface area contributed by atoms with E-state index in [1.807, 2.05) is 48.5 Å². The van der Waals surface area contributed by atoms with Crippen molar-refractivity contribution in [2.24, 2.45) is 9.98 Å². The Kier molecular flexibility index (Phi) is 6.66. The summed E-state index contributed by atoms with van der Waals surface area (Å²) < 4.78 is 13.1. The summed E-state index contributed by atoms with van der Waals surface area (Å²) in [6.45, 7) is 0.240. The van der Waals surface area contributed by atoms with Crippen molar-refractivity contribution in [1.29, 1.82) is 0 Å². The molecule has 9 heteroatoms. The van der Waals surface area contributed by atoms with Crippen LogP contribution in [0.25, 0.3) is 0 Å². The molecular formula is C26H20ClFN4O2S. The third-order valence-corrected chi connectivity index (χ3v) is 7.00. The van der Waals surface area contributed by atoms with E-state index in [0.717, 1.165) is 22.4 Å². The molecule has 5 rings (SSSR count). The van der Waals surface area contributed by atoms with Gasteiger partial charge in [0.25, 0.3) is 5.91 Å². The highest BCUT2D eigenvalue weighted by molar-refractivity contribution is 8.13. The molecule has 0 bridgehead atoms. The van der Waals surface area contributed by atoms with Crippen molar-refractivity contribution in [2.75, 3.05) is 0 Å². The fraction of sp³-hybridized carbons (Fsp3) is 0.154. The molecule has 1 atom stereocenters. The number of carbonyl (C=O) groups is 2. The van der Waals surface area contributed by atoms with Gasteiger partial charge in [-0.2, -0.15) is 0 Å². The summed E-state index contributed by atoms with van der Waals surface area (Å²) in [7, 11) is 0. The highest BCUT2D eigenvalue weighted by Crippen LogP contribution is 2.35. The molecule has 0 radical (unpaired) electrons. The molecule has 3 aromatic rings. The van der Waals surface area contributed by atoms with Crippen LogP contribution in [0.15, 0.2) is 82.8 Å². The molecule has 1 N–H and O–H groups in total. The molecule has 0 spiro atoms. The van der Waals surface area contributed by atoms with E-state index in [1.165, 1.54) is 28.8 Å². The molecule has 2 aliphatic rings. The van der Waals surface area contributed by atoms with Gasteiger partial charge in [0.1, 0.15) is 17.7 Å². The summed E-state index contributed by atoms with van der Waals surface area (Å²) in [6.07, 6.45) is -0.0926. The zero-order valence-corrected chi connectivity index (χ0v) is 20.0. The second kappa shape index (κ2) is 10.0. The van der Waals surface area contributed by atoms with Crippen LogP contribution in [0.4, 0.5) is 10.1 Å². The predicted molar refractivity (Wildman–Crippen MR) is 136 cm³/mol. The summed E-state index contributed by atoms with van der Waals surface area (Å²) in [5.74, 6) is 0.0812. The molecule has 2 aliphatic heterocycles. The Labute approximate surface area is 210 Å². The van der Waals surface area contributed by atoms with E-state index < -0.39 is 6.04 Å². The van der Waals surface area contributed by atoms with Crippen LogP contribution in [-0.2, 0) is 21.9 Å². The lowest BCUT2D eigenvalue weighted by Gasteiger charge is -2.25. The number of aliphatic imine (C=N–C) groups is 2. The zero-order valence-electron chi connectivity index (χ0n) is 18.4. The maximum absolute atomic E-state index is 13.4. The van der Waals surface area contributed by atoms with Crippen molar-refractivity contribution in [3.63, 3.8) is 0 Å². The van der Waals surface area contributed by atoms with Crippen LogP contribution in [-0.4, -0.2) is 33.8 Å². The van der Waals surface area contributed by atoms with E-state index in [1.54, 1.807) is 12.1 Å². The number of thioether (sulfide) groups is 1. The summed E-state index contributed by atoms with van der Waals surface area (Å²) >= 11 is 7.70. The van der Waals surface area contributed by atoms with Crippen LogP contribution in [0.2, 0.25) is 5.02 Å². The Morgan fingerprint density at radius 2 is 1.80 bits per heavy atom. The molecule has 2 heterocycles. The fourth-order valence-electron chi connectivity index (χ4n) is 3.84. The van der Waals surface area contributed by atoms with Crippen molar-refractivity contribution >= 4 is 51.9 Å². The number of hydrogen-bond acceptors (Lipinski definition) is 5. The number of nitrogens with zero attached hydrogens (tertiary/aromatic N) is 3. The summed E-state index contributed by atoms with van der Waals surface area (Å²) in [6, 6.07) is 20.1. The molecule has 6 nitrogen and oxygen atoms in total. The minimum absolute atomic E-state index is 0.0926. The molecule has 0 saturated heterocycles. The highest BCUT2D eigenvalue weighted by atomic mass is 35.5. The number of amides is 2. The van der Waals surface area contributed by atoms with E-state index in [9.17, 15) is 14.0 Å². The first-order valence-corrected chi connectivity index (χ1v) is 12.3. The molecule has 1 unspecified atom stereocenters. The SMILES string of the molecule is O=C(CC1N=C2c3ccccc3N=C(SCc3ccccc3Cl)N2C1=O)NCc1ccc(F)cc1. The zero-order chi connectivity index (χ0) is 24.4. The van der Waals surface area contributed by atoms with E-state index in [2.05, 4.69) is 10.3 Å². The number of rotatable bonds is 6. The van der Waals surface area contributed by atoms with E-state index >= 15 is 0 Å². The number of benzene rings is 3. The van der Waals surface area contributed by atoms with Gasteiger partial charge in [0.2, 0.25) is 5.91 Å². The number of halogens is 2. The normalized spacial score (nSPS) is 16.3. The van der Waals surface area contributed by atoms with Gasteiger partial charge >= 0.3 is 0 Å². The summed E-state index contributed by atoms with van der Waals surface area (Å²) in [4.78, 5) is 36.8. The Hall–Kier alpha value is -3.49. The van der Waals surface area contributed by atoms with Crippen LogP contribution in [0.1, 0.15) is 23.1 Å². The van der Waals surface area contributed by atoms with Crippen molar-refractivity contribution < 1.29 is 14.0 Å². The van der Waals surface area contributed by atoms with Gasteiger partial charge in [-0.1, -0.05) is 65.8 Å². The number of hydrogen-bond donors (Lipinski definition) is 1. The van der Waals surface area contributed by atoms with Crippen LogP contribution < -0.4 is 5.32 Å². The van der Waals surface area contributed by atoms with Gasteiger partial charge in [-0.15, -0.1) is 0 Å². The van der Waals surface area contributed by atoms with Gasteiger partial charge in [0.05, 0.1) is 12.1 Å². The summed E-state index contributed by atoms with van der Waals surface area (Å²) in [5.41, 5.74) is 3.17. The van der Waals surface area contributed by atoms with E-state index in [0.29, 0.717) is 21.8 Å². The lowest BCUT2D eigenvalue weighted by atomic mass is 10.1. The van der Waals surface area contributed by atoms with Gasteiger partial charge in [-0.3, -0.25) is 14.6 Å². The fourth-order valence-corrected chi connectivity index (χ4v) is 5.13. The Morgan fingerprint density at radius 1 is 1.06 bits per heavy atom. The average Bonchev–Trinajstić information content (AvgIpc) is 3.19. The Balaban J connectivity index is 1.33. The van der Waals surface area contributed by atoms with Crippen LogP contribution >= 0.6 is 23.4 Å².